The van der Waals surface area contributed by atoms with Gasteiger partial charge in [-0.1, -0.05) is 65.2 Å². The third-order valence-electron chi connectivity index (χ3n) is 5.49. The first kappa shape index (κ1) is 21.9. The Bertz CT molecular complexity index is 262. The maximum Gasteiger partial charge on any atom is 0.0110 e. The summed E-state index contributed by atoms with van der Waals surface area (Å²) in [5.41, 5.74) is 0. The van der Waals surface area contributed by atoms with E-state index in [0.29, 0.717) is 0 Å². The number of nitrogens with one attached hydrogen (secondary N) is 1. The van der Waals surface area contributed by atoms with Gasteiger partial charge in [-0.2, -0.15) is 0 Å². The molecule has 1 heterocycles. The van der Waals surface area contributed by atoms with Crippen LogP contribution < -0.4 is 5.32 Å². The zero-order valence-electron chi connectivity index (χ0n) is 17.0. The number of rotatable bonds is 15. The summed E-state index contributed by atoms with van der Waals surface area (Å²) in [6.07, 6.45) is 15.3. The lowest BCUT2D eigenvalue weighted by Crippen LogP contribution is -2.45. The van der Waals surface area contributed by atoms with Crippen LogP contribution in [0.1, 0.15) is 84.5 Å². The third kappa shape index (κ3) is 11.4. The van der Waals surface area contributed by atoms with Crippen LogP contribution >= 0.6 is 0 Å². The first-order valence-electron chi connectivity index (χ1n) is 10.9. The quantitative estimate of drug-likeness (QED) is 0.442. The van der Waals surface area contributed by atoms with Crippen LogP contribution in [0.5, 0.6) is 0 Å². The summed E-state index contributed by atoms with van der Waals surface area (Å²) >= 11 is 0. The predicted molar refractivity (Wildman–Crippen MR) is 108 cm³/mol. The third-order valence-corrected chi connectivity index (χ3v) is 5.49. The molecule has 0 aliphatic carbocycles. The van der Waals surface area contributed by atoms with Gasteiger partial charge in [-0.25, -0.2) is 0 Å². The molecule has 0 aromatic carbocycles. The fourth-order valence-corrected chi connectivity index (χ4v) is 3.66. The molecule has 1 atom stereocenters. The Morgan fingerprint density at radius 2 is 1.33 bits per heavy atom. The zero-order chi connectivity index (χ0) is 17.5. The highest BCUT2D eigenvalue weighted by molar-refractivity contribution is 4.71. The van der Waals surface area contributed by atoms with Gasteiger partial charge in [0.25, 0.3) is 0 Å². The number of hydrogen-bond acceptors (Lipinski definition) is 3. The maximum absolute atomic E-state index is 3.88. The molecule has 0 radical (unpaired) electrons. The molecule has 1 aliphatic rings. The molecule has 1 N–H and O–H groups in total. The van der Waals surface area contributed by atoms with Crippen molar-refractivity contribution in [3.63, 3.8) is 0 Å². The molecule has 0 spiro atoms. The highest BCUT2D eigenvalue weighted by Gasteiger charge is 2.13. The van der Waals surface area contributed by atoms with Crippen LogP contribution in [0.15, 0.2) is 0 Å². The van der Waals surface area contributed by atoms with E-state index in [1.807, 2.05) is 0 Å². The Morgan fingerprint density at radius 1 is 0.750 bits per heavy atom. The van der Waals surface area contributed by atoms with Gasteiger partial charge in [0, 0.05) is 32.2 Å². The summed E-state index contributed by atoms with van der Waals surface area (Å²) in [4.78, 5) is 5.08. The first-order chi connectivity index (χ1) is 11.8. The molecular formula is C21H45N3. The Hall–Kier alpha value is -0.120. The van der Waals surface area contributed by atoms with Gasteiger partial charge in [0.1, 0.15) is 0 Å². The van der Waals surface area contributed by atoms with Gasteiger partial charge in [0.15, 0.2) is 0 Å². The second-order valence-corrected chi connectivity index (χ2v) is 7.85. The number of hydrogen-bond donors (Lipinski definition) is 1. The standard InChI is InChI=1S/C21H45N3/c1-4-6-8-9-11-14-21(13-10-7-5-2)22-15-12-16-24-19-17-23(3)18-20-24/h21-22H,4-20H2,1-3H3. The molecular weight excluding hydrogens is 294 g/mol. The Kier molecular flexibility index (Phi) is 13.8. The van der Waals surface area contributed by atoms with Crippen molar-refractivity contribution in [3.05, 3.63) is 0 Å². The largest absolute Gasteiger partial charge is 0.314 e. The molecule has 1 saturated heterocycles. The van der Waals surface area contributed by atoms with E-state index >= 15 is 0 Å². The average Bonchev–Trinajstić information content (AvgIpc) is 2.59. The topological polar surface area (TPSA) is 18.5 Å². The van der Waals surface area contributed by atoms with Crippen molar-refractivity contribution in [1.82, 2.24) is 15.1 Å². The first-order valence-corrected chi connectivity index (χ1v) is 10.9. The molecule has 1 fully saturated rings. The molecule has 3 nitrogen and oxygen atoms in total. The van der Waals surface area contributed by atoms with Crippen LogP contribution in [0.2, 0.25) is 0 Å². The molecule has 1 unspecified atom stereocenters. The molecule has 3 heteroatoms. The van der Waals surface area contributed by atoms with Gasteiger partial charge in [-0.15, -0.1) is 0 Å². The van der Waals surface area contributed by atoms with Gasteiger partial charge in [0.05, 0.1) is 0 Å². The van der Waals surface area contributed by atoms with E-state index < -0.39 is 0 Å². The lowest BCUT2D eigenvalue weighted by molar-refractivity contribution is 0.152. The lowest BCUT2D eigenvalue weighted by Gasteiger charge is -2.32. The minimum Gasteiger partial charge on any atom is -0.314 e. The number of unbranched alkanes of at least 4 members (excludes halogenated alkanes) is 6. The van der Waals surface area contributed by atoms with Gasteiger partial charge in [-0.05, 0) is 39.4 Å². The van der Waals surface area contributed by atoms with Crippen LogP contribution in [0, 0.1) is 0 Å². The van der Waals surface area contributed by atoms with E-state index in [4.69, 9.17) is 0 Å². The van der Waals surface area contributed by atoms with E-state index in [1.54, 1.807) is 0 Å². The highest BCUT2D eigenvalue weighted by Crippen LogP contribution is 2.12. The summed E-state index contributed by atoms with van der Waals surface area (Å²) in [5, 5.41) is 3.88. The zero-order valence-corrected chi connectivity index (χ0v) is 17.0. The normalized spacial score (nSPS) is 18.1. The van der Waals surface area contributed by atoms with Crippen LogP contribution in [-0.4, -0.2) is 62.2 Å². The van der Waals surface area contributed by atoms with Crippen LogP contribution in [-0.2, 0) is 0 Å². The molecule has 0 aromatic rings. The second-order valence-electron chi connectivity index (χ2n) is 7.85. The smallest absolute Gasteiger partial charge is 0.0110 e. The van der Waals surface area contributed by atoms with E-state index in [2.05, 4.69) is 36.0 Å². The van der Waals surface area contributed by atoms with E-state index in [1.165, 1.54) is 110 Å². The minimum atomic E-state index is 0.769. The van der Waals surface area contributed by atoms with Gasteiger partial charge in [0.2, 0.25) is 0 Å². The fraction of sp³-hybridized carbons (Fsp3) is 1.00. The minimum absolute atomic E-state index is 0.769. The summed E-state index contributed by atoms with van der Waals surface area (Å²) in [6, 6.07) is 0.769. The monoisotopic (exact) mass is 339 g/mol. The van der Waals surface area contributed by atoms with Crippen LogP contribution in [0.25, 0.3) is 0 Å². The van der Waals surface area contributed by atoms with Gasteiger partial charge in [-0.3, -0.25) is 0 Å². The Balaban J connectivity index is 2.10. The molecule has 1 aliphatic heterocycles. The molecule has 144 valence electrons. The second kappa shape index (κ2) is 15.2. The molecule has 0 bridgehead atoms. The summed E-state index contributed by atoms with van der Waals surface area (Å²) in [5.74, 6) is 0. The Morgan fingerprint density at radius 3 is 2.00 bits per heavy atom. The van der Waals surface area contributed by atoms with Crippen molar-refractivity contribution in [3.8, 4) is 0 Å². The maximum atomic E-state index is 3.88. The summed E-state index contributed by atoms with van der Waals surface area (Å²) in [7, 11) is 2.24. The average molecular weight is 340 g/mol. The van der Waals surface area contributed by atoms with Gasteiger partial charge >= 0.3 is 0 Å². The van der Waals surface area contributed by atoms with E-state index in [0.717, 1.165) is 6.04 Å². The SMILES string of the molecule is CCCCCCCC(CCCCC)NCCCN1CCN(C)CC1. The van der Waals surface area contributed by atoms with Crippen LogP contribution in [0.4, 0.5) is 0 Å². The van der Waals surface area contributed by atoms with E-state index in [9.17, 15) is 0 Å². The molecule has 24 heavy (non-hydrogen) atoms. The molecule has 1 rings (SSSR count). The number of likely N-dealkylation sites (N-methyl/N-ethyl adjacent to an activating group) is 1. The van der Waals surface area contributed by atoms with Crippen molar-refractivity contribution in [2.24, 2.45) is 0 Å². The summed E-state index contributed by atoms with van der Waals surface area (Å²) in [6.45, 7) is 12.1. The molecule has 0 aromatic heterocycles. The van der Waals surface area contributed by atoms with Crippen molar-refractivity contribution < 1.29 is 0 Å². The van der Waals surface area contributed by atoms with Gasteiger partial charge < -0.3 is 15.1 Å². The van der Waals surface area contributed by atoms with Crippen molar-refractivity contribution >= 4 is 0 Å². The fourth-order valence-electron chi connectivity index (χ4n) is 3.66. The van der Waals surface area contributed by atoms with Crippen molar-refractivity contribution in [2.75, 3.05) is 46.3 Å². The lowest BCUT2D eigenvalue weighted by atomic mass is 10.0. The van der Waals surface area contributed by atoms with Crippen LogP contribution in [0.3, 0.4) is 0 Å². The van der Waals surface area contributed by atoms with Crippen molar-refractivity contribution in [1.29, 1.82) is 0 Å². The van der Waals surface area contributed by atoms with E-state index in [-0.39, 0.29) is 0 Å². The Labute approximate surface area is 152 Å². The molecule has 0 amide bonds. The number of piperazine rings is 1. The molecule has 0 saturated carbocycles. The predicted octanol–water partition coefficient (Wildman–Crippen LogP) is 4.52. The number of nitrogens with zero attached hydrogens (tertiary/aromatic N) is 2. The van der Waals surface area contributed by atoms with Crippen molar-refractivity contribution in [2.45, 2.75) is 90.5 Å². The summed E-state index contributed by atoms with van der Waals surface area (Å²) < 4.78 is 0. The highest BCUT2D eigenvalue weighted by atomic mass is 15.2.